The third kappa shape index (κ3) is 2.76. The molecule has 7 heteroatoms. The molecule has 0 aliphatic carbocycles. The zero-order valence-corrected chi connectivity index (χ0v) is 10.9. The van der Waals surface area contributed by atoms with Gasteiger partial charge in [-0.05, 0) is 24.3 Å². The molecule has 2 aromatic heterocycles. The van der Waals surface area contributed by atoms with Crippen molar-refractivity contribution in [2.24, 2.45) is 0 Å². The average Bonchev–Trinajstić information content (AvgIpc) is 2.54. The SMILES string of the molecule is O=Cc1ccc(NCc2cnc3nc[nH]c(=O)c3n2)cc1. The molecule has 3 rings (SSSR count). The number of aromatic nitrogens is 4. The molecule has 0 fully saturated rings. The summed E-state index contributed by atoms with van der Waals surface area (Å²) in [5.41, 5.74) is 2.31. The van der Waals surface area contributed by atoms with Gasteiger partial charge in [-0.3, -0.25) is 9.59 Å². The summed E-state index contributed by atoms with van der Waals surface area (Å²) in [6, 6.07) is 7.03. The summed E-state index contributed by atoms with van der Waals surface area (Å²) in [7, 11) is 0. The van der Waals surface area contributed by atoms with Gasteiger partial charge in [0.1, 0.15) is 6.29 Å². The monoisotopic (exact) mass is 281 g/mol. The topological polar surface area (TPSA) is 101 Å². The summed E-state index contributed by atoms with van der Waals surface area (Å²) in [6.07, 6.45) is 3.66. The summed E-state index contributed by atoms with van der Waals surface area (Å²) >= 11 is 0. The molecule has 7 nitrogen and oxygen atoms in total. The van der Waals surface area contributed by atoms with Gasteiger partial charge in [-0.25, -0.2) is 15.0 Å². The van der Waals surface area contributed by atoms with Crippen LogP contribution in [0.3, 0.4) is 0 Å². The Hall–Kier alpha value is -3.09. The Morgan fingerprint density at radius 2 is 2.00 bits per heavy atom. The number of hydrogen-bond donors (Lipinski definition) is 2. The van der Waals surface area contributed by atoms with Crippen molar-refractivity contribution in [3.8, 4) is 0 Å². The largest absolute Gasteiger partial charge is 0.379 e. The van der Waals surface area contributed by atoms with E-state index in [2.05, 4.69) is 25.3 Å². The second kappa shape index (κ2) is 5.49. The van der Waals surface area contributed by atoms with E-state index in [9.17, 15) is 9.59 Å². The first-order valence-electron chi connectivity index (χ1n) is 6.25. The molecule has 0 spiro atoms. The van der Waals surface area contributed by atoms with E-state index in [0.717, 1.165) is 12.0 Å². The molecule has 0 unspecified atom stereocenters. The van der Waals surface area contributed by atoms with Crippen LogP contribution in [0.5, 0.6) is 0 Å². The zero-order valence-electron chi connectivity index (χ0n) is 10.9. The standard InChI is InChI=1S/C14H11N5O2/c20-7-9-1-3-10(4-2-9)15-5-11-6-16-13-12(19-11)14(21)18-8-17-13/h1-4,6-8,15H,5H2,(H,16,17,18,21). The molecule has 0 aliphatic heterocycles. The van der Waals surface area contributed by atoms with Gasteiger partial charge in [-0.15, -0.1) is 0 Å². The van der Waals surface area contributed by atoms with Crippen molar-refractivity contribution in [2.75, 3.05) is 5.32 Å². The molecule has 2 N–H and O–H groups in total. The Bertz CT molecular complexity index is 842. The van der Waals surface area contributed by atoms with Crippen LogP contribution in [0.4, 0.5) is 5.69 Å². The Labute approximate surface area is 119 Å². The number of fused-ring (bicyclic) bond motifs is 1. The average molecular weight is 281 g/mol. The molecule has 1 aromatic carbocycles. The van der Waals surface area contributed by atoms with Gasteiger partial charge in [-0.1, -0.05) is 0 Å². The van der Waals surface area contributed by atoms with Crippen molar-refractivity contribution in [1.29, 1.82) is 0 Å². The lowest BCUT2D eigenvalue weighted by atomic mass is 10.2. The molecule has 0 saturated carbocycles. The van der Waals surface area contributed by atoms with E-state index >= 15 is 0 Å². The molecule has 0 radical (unpaired) electrons. The zero-order chi connectivity index (χ0) is 14.7. The highest BCUT2D eigenvalue weighted by Gasteiger charge is 2.04. The number of benzene rings is 1. The Balaban J connectivity index is 1.79. The summed E-state index contributed by atoms with van der Waals surface area (Å²) < 4.78 is 0. The van der Waals surface area contributed by atoms with E-state index in [0.29, 0.717) is 23.4 Å². The smallest absolute Gasteiger partial charge is 0.278 e. The van der Waals surface area contributed by atoms with E-state index in [1.54, 1.807) is 30.5 Å². The quantitative estimate of drug-likeness (QED) is 0.695. The lowest BCUT2D eigenvalue weighted by Gasteiger charge is -2.06. The van der Waals surface area contributed by atoms with Crippen LogP contribution in [0.15, 0.2) is 41.6 Å². The van der Waals surface area contributed by atoms with Crippen LogP contribution in [0.25, 0.3) is 11.2 Å². The number of hydrogen-bond acceptors (Lipinski definition) is 6. The van der Waals surface area contributed by atoms with Crippen LogP contribution >= 0.6 is 0 Å². The molecule has 2 heterocycles. The molecule has 3 aromatic rings. The lowest BCUT2D eigenvalue weighted by molar-refractivity contribution is 0.112. The van der Waals surface area contributed by atoms with E-state index in [4.69, 9.17) is 0 Å². The highest BCUT2D eigenvalue weighted by atomic mass is 16.1. The lowest BCUT2D eigenvalue weighted by Crippen LogP contribution is -2.11. The first kappa shape index (κ1) is 12.9. The highest BCUT2D eigenvalue weighted by Crippen LogP contribution is 2.10. The molecule has 104 valence electrons. The van der Waals surface area contributed by atoms with Crippen LogP contribution in [-0.4, -0.2) is 26.2 Å². The minimum atomic E-state index is -0.315. The Morgan fingerprint density at radius 1 is 1.19 bits per heavy atom. The van der Waals surface area contributed by atoms with Gasteiger partial charge >= 0.3 is 0 Å². The number of H-pyrrole nitrogens is 1. The first-order valence-corrected chi connectivity index (χ1v) is 6.25. The second-order valence-corrected chi connectivity index (χ2v) is 4.36. The highest BCUT2D eigenvalue weighted by molar-refractivity contribution is 5.75. The third-order valence-corrected chi connectivity index (χ3v) is 2.92. The van der Waals surface area contributed by atoms with Crippen molar-refractivity contribution < 1.29 is 4.79 Å². The molecule has 0 aliphatic rings. The number of anilines is 1. The molecular formula is C14H11N5O2. The number of aldehydes is 1. The minimum Gasteiger partial charge on any atom is -0.379 e. The normalized spacial score (nSPS) is 10.5. The summed E-state index contributed by atoms with van der Waals surface area (Å²) in [6.45, 7) is 0.414. The van der Waals surface area contributed by atoms with Crippen LogP contribution in [0, 0.1) is 0 Å². The fourth-order valence-electron chi connectivity index (χ4n) is 1.84. The van der Waals surface area contributed by atoms with Gasteiger partial charge in [0.15, 0.2) is 11.2 Å². The maximum Gasteiger partial charge on any atom is 0.278 e. The maximum absolute atomic E-state index is 11.6. The van der Waals surface area contributed by atoms with Crippen molar-refractivity contribution >= 4 is 23.1 Å². The van der Waals surface area contributed by atoms with Gasteiger partial charge in [0.05, 0.1) is 24.8 Å². The number of carbonyl (C=O) groups excluding carboxylic acids is 1. The van der Waals surface area contributed by atoms with Gasteiger partial charge < -0.3 is 10.3 Å². The number of aromatic amines is 1. The van der Waals surface area contributed by atoms with E-state index in [1.165, 1.54) is 6.33 Å². The predicted molar refractivity (Wildman–Crippen MR) is 77.1 cm³/mol. The first-order chi connectivity index (χ1) is 10.3. The second-order valence-electron chi connectivity index (χ2n) is 4.36. The molecule has 21 heavy (non-hydrogen) atoms. The number of nitrogens with zero attached hydrogens (tertiary/aromatic N) is 3. The van der Waals surface area contributed by atoms with Crippen molar-refractivity contribution in [1.82, 2.24) is 19.9 Å². The van der Waals surface area contributed by atoms with Gasteiger partial charge in [0.25, 0.3) is 5.56 Å². The summed E-state index contributed by atoms with van der Waals surface area (Å²) in [5.74, 6) is 0. The van der Waals surface area contributed by atoms with Gasteiger partial charge in [0, 0.05) is 11.3 Å². The molecule has 0 atom stereocenters. The molecule has 0 bridgehead atoms. The van der Waals surface area contributed by atoms with E-state index < -0.39 is 0 Å². The fourth-order valence-corrected chi connectivity index (χ4v) is 1.84. The summed E-state index contributed by atoms with van der Waals surface area (Å²) in [4.78, 5) is 36.9. The van der Waals surface area contributed by atoms with E-state index in [-0.39, 0.29) is 11.1 Å². The number of rotatable bonds is 4. The van der Waals surface area contributed by atoms with Crippen molar-refractivity contribution in [3.05, 3.63) is 58.4 Å². The van der Waals surface area contributed by atoms with Crippen molar-refractivity contribution in [3.63, 3.8) is 0 Å². The number of nitrogens with one attached hydrogen (secondary N) is 2. The Kier molecular flexibility index (Phi) is 3.38. The van der Waals surface area contributed by atoms with Crippen LogP contribution in [-0.2, 0) is 6.54 Å². The molecule has 0 amide bonds. The van der Waals surface area contributed by atoms with Crippen LogP contribution < -0.4 is 10.9 Å². The van der Waals surface area contributed by atoms with Gasteiger partial charge in [-0.2, -0.15) is 0 Å². The molecule has 0 saturated heterocycles. The van der Waals surface area contributed by atoms with Crippen LogP contribution in [0.2, 0.25) is 0 Å². The molecular weight excluding hydrogens is 270 g/mol. The van der Waals surface area contributed by atoms with Gasteiger partial charge in [0.2, 0.25) is 0 Å². The van der Waals surface area contributed by atoms with Crippen molar-refractivity contribution in [2.45, 2.75) is 6.54 Å². The van der Waals surface area contributed by atoms with E-state index in [1.807, 2.05) is 0 Å². The predicted octanol–water partition coefficient (Wildman–Crippen LogP) is 1.14. The van der Waals surface area contributed by atoms with Crippen LogP contribution in [0.1, 0.15) is 16.1 Å². The third-order valence-electron chi connectivity index (χ3n) is 2.92. The fraction of sp³-hybridized carbons (Fsp3) is 0.0714. The minimum absolute atomic E-state index is 0.216. The Morgan fingerprint density at radius 3 is 2.76 bits per heavy atom. The maximum atomic E-state index is 11.6. The summed E-state index contributed by atoms with van der Waals surface area (Å²) in [5, 5.41) is 3.15. The number of carbonyl (C=O) groups is 1.